The second kappa shape index (κ2) is 7.00. The van der Waals surface area contributed by atoms with E-state index in [0.29, 0.717) is 18.6 Å². The summed E-state index contributed by atoms with van der Waals surface area (Å²) in [6.07, 6.45) is 4.36. The third kappa shape index (κ3) is 4.43. The lowest BCUT2D eigenvalue weighted by molar-refractivity contribution is 0.279. The lowest BCUT2D eigenvalue weighted by Gasteiger charge is -2.21. The molecule has 0 atom stereocenters. The second-order valence-corrected chi connectivity index (χ2v) is 5.91. The van der Waals surface area contributed by atoms with Crippen molar-refractivity contribution in [3.63, 3.8) is 0 Å². The Labute approximate surface area is 121 Å². The molecule has 1 aromatic carbocycles. The van der Waals surface area contributed by atoms with Gasteiger partial charge in [0.25, 0.3) is 0 Å². The standard InChI is InChI=1S/C17H25FN2/c1-4-9-20(16-6-7-16)12-15-10-14(5-8-17(15)18)11-19-13(2)3/h4-5,8,10,13,16,19H,1,6-7,9,11-12H2,2-3H3. The Bertz CT molecular complexity index is 452. The first-order valence-corrected chi connectivity index (χ1v) is 7.45. The summed E-state index contributed by atoms with van der Waals surface area (Å²) in [5.41, 5.74) is 1.94. The molecule has 0 aromatic heterocycles. The zero-order valence-corrected chi connectivity index (χ0v) is 12.5. The first-order valence-electron chi connectivity index (χ1n) is 7.45. The Hall–Kier alpha value is -1.19. The third-order valence-corrected chi connectivity index (χ3v) is 3.62. The Morgan fingerprint density at radius 2 is 2.20 bits per heavy atom. The van der Waals surface area contributed by atoms with Crippen LogP contribution < -0.4 is 5.32 Å². The maximum absolute atomic E-state index is 14.0. The van der Waals surface area contributed by atoms with Gasteiger partial charge in [-0.05, 0) is 24.5 Å². The van der Waals surface area contributed by atoms with Crippen LogP contribution in [0.1, 0.15) is 37.8 Å². The fraction of sp³-hybridized carbons (Fsp3) is 0.529. The van der Waals surface area contributed by atoms with Gasteiger partial charge in [-0.15, -0.1) is 6.58 Å². The highest BCUT2D eigenvalue weighted by Crippen LogP contribution is 2.28. The molecule has 1 fully saturated rings. The fourth-order valence-corrected chi connectivity index (χ4v) is 2.35. The average molecular weight is 276 g/mol. The van der Waals surface area contributed by atoms with Gasteiger partial charge in [0.2, 0.25) is 0 Å². The molecule has 0 unspecified atom stereocenters. The van der Waals surface area contributed by atoms with Gasteiger partial charge in [-0.1, -0.05) is 32.1 Å². The summed E-state index contributed by atoms with van der Waals surface area (Å²) in [6.45, 7) is 10.3. The molecule has 0 saturated heterocycles. The van der Waals surface area contributed by atoms with Crippen molar-refractivity contribution in [3.05, 3.63) is 47.8 Å². The molecule has 2 nitrogen and oxygen atoms in total. The maximum atomic E-state index is 14.0. The minimum absolute atomic E-state index is 0.104. The van der Waals surface area contributed by atoms with E-state index in [1.54, 1.807) is 6.07 Å². The van der Waals surface area contributed by atoms with Crippen LogP contribution in [0.3, 0.4) is 0 Å². The van der Waals surface area contributed by atoms with Gasteiger partial charge in [-0.2, -0.15) is 0 Å². The Morgan fingerprint density at radius 1 is 1.45 bits per heavy atom. The van der Waals surface area contributed by atoms with E-state index in [9.17, 15) is 4.39 Å². The molecule has 110 valence electrons. The van der Waals surface area contributed by atoms with Crippen LogP contribution in [0.4, 0.5) is 4.39 Å². The highest BCUT2D eigenvalue weighted by Gasteiger charge is 2.28. The zero-order valence-electron chi connectivity index (χ0n) is 12.5. The van der Waals surface area contributed by atoms with Crippen molar-refractivity contribution in [1.29, 1.82) is 0 Å². The average Bonchev–Trinajstić information content (AvgIpc) is 3.23. The number of rotatable bonds is 8. The molecule has 0 bridgehead atoms. The van der Waals surface area contributed by atoms with E-state index in [-0.39, 0.29) is 5.82 Å². The summed E-state index contributed by atoms with van der Waals surface area (Å²) in [5.74, 6) is -0.104. The van der Waals surface area contributed by atoms with Crippen LogP contribution in [0.25, 0.3) is 0 Å². The largest absolute Gasteiger partial charge is 0.310 e. The van der Waals surface area contributed by atoms with Gasteiger partial charge in [0.05, 0.1) is 0 Å². The highest BCUT2D eigenvalue weighted by atomic mass is 19.1. The van der Waals surface area contributed by atoms with Crippen molar-refractivity contribution in [1.82, 2.24) is 10.2 Å². The molecule has 1 aromatic rings. The predicted molar refractivity (Wildman–Crippen MR) is 82.0 cm³/mol. The topological polar surface area (TPSA) is 15.3 Å². The SMILES string of the molecule is C=CCN(Cc1cc(CNC(C)C)ccc1F)C1CC1. The van der Waals surface area contributed by atoms with Gasteiger partial charge in [-0.25, -0.2) is 4.39 Å². The van der Waals surface area contributed by atoms with E-state index in [0.717, 1.165) is 24.2 Å². The van der Waals surface area contributed by atoms with E-state index < -0.39 is 0 Å². The number of nitrogens with zero attached hydrogens (tertiary/aromatic N) is 1. The summed E-state index contributed by atoms with van der Waals surface area (Å²) < 4.78 is 14.0. The Balaban J connectivity index is 2.04. The molecule has 0 radical (unpaired) electrons. The monoisotopic (exact) mass is 276 g/mol. The van der Waals surface area contributed by atoms with Crippen molar-refractivity contribution in [2.75, 3.05) is 6.54 Å². The van der Waals surface area contributed by atoms with Gasteiger partial charge in [0, 0.05) is 37.3 Å². The molecule has 20 heavy (non-hydrogen) atoms. The van der Waals surface area contributed by atoms with Gasteiger partial charge in [-0.3, -0.25) is 4.90 Å². The molecule has 0 amide bonds. The van der Waals surface area contributed by atoms with Crippen LogP contribution in [-0.2, 0) is 13.1 Å². The van der Waals surface area contributed by atoms with Gasteiger partial charge >= 0.3 is 0 Å². The van der Waals surface area contributed by atoms with Crippen molar-refractivity contribution in [2.45, 2.75) is 51.9 Å². The first kappa shape index (κ1) is 15.2. The smallest absolute Gasteiger partial charge is 0.127 e. The molecular formula is C17H25FN2. The molecule has 0 heterocycles. The number of nitrogens with one attached hydrogen (secondary N) is 1. The molecular weight excluding hydrogens is 251 g/mol. The summed E-state index contributed by atoms with van der Waals surface area (Å²) in [7, 11) is 0. The summed E-state index contributed by atoms with van der Waals surface area (Å²) in [5, 5.41) is 3.37. The van der Waals surface area contributed by atoms with Crippen molar-refractivity contribution < 1.29 is 4.39 Å². The first-order chi connectivity index (χ1) is 9.60. The molecule has 1 saturated carbocycles. The Kier molecular flexibility index (Phi) is 5.32. The lowest BCUT2D eigenvalue weighted by Crippen LogP contribution is -2.26. The van der Waals surface area contributed by atoms with E-state index in [4.69, 9.17) is 0 Å². The summed E-state index contributed by atoms with van der Waals surface area (Å²) in [6, 6.07) is 6.50. The quantitative estimate of drug-likeness (QED) is 0.731. The van der Waals surface area contributed by atoms with Crippen LogP contribution in [0.5, 0.6) is 0 Å². The second-order valence-electron chi connectivity index (χ2n) is 5.91. The number of benzene rings is 1. The van der Waals surface area contributed by atoms with E-state index in [1.807, 2.05) is 18.2 Å². The van der Waals surface area contributed by atoms with Crippen LogP contribution in [0.15, 0.2) is 30.9 Å². The molecule has 0 spiro atoms. The molecule has 2 rings (SSSR count). The molecule has 1 aliphatic carbocycles. The molecule has 3 heteroatoms. The number of hydrogen-bond donors (Lipinski definition) is 1. The van der Waals surface area contributed by atoms with Crippen LogP contribution in [-0.4, -0.2) is 23.5 Å². The third-order valence-electron chi connectivity index (χ3n) is 3.62. The van der Waals surface area contributed by atoms with Crippen molar-refractivity contribution >= 4 is 0 Å². The predicted octanol–water partition coefficient (Wildman–Crippen LogP) is 3.47. The summed E-state index contributed by atoms with van der Waals surface area (Å²) in [4.78, 5) is 2.31. The Morgan fingerprint density at radius 3 is 2.80 bits per heavy atom. The number of hydrogen-bond acceptors (Lipinski definition) is 2. The summed E-state index contributed by atoms with van der Waals surface area (Å²) >= 11 is 0. The van der Waals surface area contributed by atoms with Crippen LogP contribution in [0, 0.1) is 5.82 Å². The van der Waals surface area contributed by atoms with Crippen LogP contribution >= 0.6 is 0 Å². The molecule has 1 aliphatic rings. The van der Waals surface area contributed by atoms with Gasteiger partial charge in [0.15, 0.2) is 0 Å². The van der Waals surface area contributed by atoms with Crippen molar-refractivity contribution in [2.24, 2.45) is 0 Å². The maximum Gasteiger partial charge on any atom is 0.127 e. The molecule has 1 N–H and O–H groups in total. The van der Waals surface area contributed by atoms with E-state index in [1.165, 1.54) is 12.8 Å². The van der Waals surface area contributed by atoms with E-state index >= 15 is 0 Å². The zero-order chi connectivity index (χ0) is 14.5. The van der Waals surface area contributed by atoms with Gasteiger partial charge in [0.1, 0.15) is 5.82 Å². The normalized spacial score (nSPS) is 15.1. The lowest BCUT2D eigenvalue weighted by atomic mass is 10.1. The number of halogens is 1. The van der Waals surface area contributed by atoms with E-state index in [2.05, 4.69) is 30.6 Å². The molecule has 0 aliphatic heterocycles. The van der Waals surface area contributed by atoms with Crippen LogP contribution in [0.2, 0.25) is 0 Å². The van der Waals surface area contributed by atoms with Crippen molar-refractivity contribution in [3.8, 4) is 0 Å². The minimum atomic E-state index is -0.104. The van der Waals surface area contributed by atoms with Gasteiger partial charge < -0.3 is 5.32 Å². The fourth-order valence-electron chi connectivity index (χ4n) is 2.35. The highest BCUT2D eigenvalue weighted by molar-refractivity contribution is 5.25. The minimum Gasteiger partial charge on any atom is -0.310 e.